The van der Waals surface area contributed by atoms with Crippen LogP contribution in [-0.2, 0) is 11.3 Å². The van der Waals surface area contributed by atoms with Crippen molar-refractivity contribution in [2.24, 2.45) is 0 Å². The molecule has 5 rings (SSSR count). The van der Waals surface area contributed by atoms with Crippen LogP contribution in [0.1, 0.15) is 41.6 Å². The Morgan fingerprint density at radius 2 is 1.76 bits per heavy atom. The van der Waals surface area contributed by atoms with Gasteiger partial charge in [-0.1, -0.05) is 42.5 Å². The molecule has 1 atom stereocenters. The maximum Gasteiger partial charge on any atom is 0.290 e. The zero-order valence-corrected chi connectivity index (χ0v) is 20.8. The van der Waals surface area contributed by atoms with Crippen LogP contribution in [0.4, 0.5) is 0 Å². The zero-order chi connectivity index (χ0) is 26.1. The lowest BCUT2D eigenvalue weighted by atomic mass is 9.94. The van der Waals surface area contributed by atoms with E-state index in [1.165, 1.54) is 4.90 Å². The van der Waals surface area contributed by atoms with Crippen molar-refractivity contribution in [1.29, 1.82) is 0 Å². The number of amides is 1. The van der Waals surface area contributed by atoms with Gasteiger partial charge in [-0.3, -0.25) is 9.59 Å². The molecule has 0 radical (unpaired) electrons. The number of methoxy groups -OCH3 is 1. The van der Waals surface area contributed by atoms with E-state index in [1.54, 1.807) is 43.5 Å². The quantitative estimate of drug-likeness (QED) is 0.300. The number of Topliss-reactive ketones (excluding diaryl/α,β-unsaturated/α-hetero) is 1. The fourth-order valence-corrected chi connectivity index (χ4v) is 4.58. The van der Waals surface area contributed by atoms with Crippen molar-refractivity contribution < 1.29 is 28.6 Å². The van der Waals surface area contributed by atoms with Crippen molar-refractivity contribution in [2.45, 2.75) is 32.5 Å². The number of hydrogen-bond acceptors (Lipinski definition) is 6. The molecule has 188 valence electrons. The van der Waals surface area contributed by atoms with Gasteiger partial charge in [0.1, 0.15) is 17.1 Å². The number of aliphatic hydroxyl groups excluding tert-OH is 1. The molecule has 1 amide bonds. The number of ketones is 1. The molecule has 1 aromatic heterocycles. The first kappa shape index (κ1) is 24.2. The molecule has 2 heterocycles. The summed E-state index contributed by atoms with van der Waals surface area (Å²) >= 11 is 0. The maximum absolute atomic E-state index is 13.7. The molecule has 1 unspecified atom stereocenters. The van der Waals surface area contributed by atoms with E-state index in [-0.39, 0.29) is 24.0 Å². The highest BCUT2D eigenvalue weighted by Gasteiger charge is 2.44. The lowest BCUT2D eigenvalue weighted by Gasteiger charge is -2.27. The van der Waals surface area contributed by atoms with Gasteiger partial charge < -0.3 is 23.9 Å². The van der Waals surface area contributed by atoms with E-state index in [0.717, 1.165) is 16.7 Å². The molecule has 4 aromatic rings. The van der Waals surface area contributed by atoms with Gasteiger partial charge in [-0.25, -0.2) is 0 Å². The minimum atomic E-state index is -0.838. The van der Waals surface area contributed by atoms with Crippen LogP contribution in [0.2, 0.25) is 0 Å². The number of rotatable bonds is 8. The Balaban J connectivity index is 1.54. The van der Waals surface area contributed by atoms with Crippen LogP contribution < -0.4 is 9.47 Å². The number of para-hydroxylation sites is 1. The molecular weight excluding hydrogens is 470 g/mol. The molecule has 0 saturated carbocycles. The van der Waals surface area contributed by atoms with Crippen LogP contribution in [0, 0.1) is 0 Å². The normalized spacial score (nSPS) is 15.6. The van der Waals surface area contributed by atoms with Crippen molar-refractivity contribution in [3.05, 3.63) is 107 Å². The van der Waals surface area contributed by atoms with E-state index >= 15 is 0 Å². The standard InChI is InChI=1S/C30H27NO6/c1-18(2)36-22-13-11-19(12-14-22)17-31-27(21-8-6-9-23(15-21)35-3)26(29(33)30(31)34)28(32)25-16-20-7-4-5-10-24(20)37-25/h4-16,18,27,33H,17H2,1-3H3. The predicted molar refractivity (Wildman–Crippen MR) is 139 cm³/mol. The molecule has 0 aliphatic carbocycles. The third-order valence-corrected chi connectivity index (χ3v) is 6.26. The van der Waals surface area contributed by atoms with Gasteiger partial charge in [0.2, 0.25) is 5.78 Å². The van der Waals surface area contributed by atoms with Gasteiger partial charge in [-0.15, -0.1) is 0 Å². The highest BCUT2D eigenvalue weighted by molar-refractivity contribution is 6.16. The van der Waals surface area contributed by atoms with Crippen LogP contribution in [-0.4, -0.2) is 34.9 Å². The summed E-state index contributed by atoms with van der Waals surface area (Å²) in [5.74, 6) is -0.411. The molecular formula is C30H27NO6. The zero-order valence-electron chi connectivity index (χ0n) is 20.8. The molecule has 7 heteroatoms. The summed E-state index contributed by atoms with van der Waals surface area (Å²) < 4.78 is 16.9. The summed E-state index contributed by atoms with van der Waals surface area (Å²) in [6.07, 6.45) is 0.0384. The van der Waals surface area contributed by atoms with Crippen LogP contribution in [0.25, 0.3) is 11.0 Å². The van der Waals surface area contributed by atoms with Crippen molar-refractivity contribution in [2.75, 3.05) is 7.11 Å². The fourth-order valence-electron chi connectivity index (χ4n) is 4.58. The second kappa shape index (κ2) is 9.85. The first-order chi connectivity index (χ1) is 17.9. The highest BCUT2D eigenvalue weighted by atomic mass is 16.5. The number of nitrogens with zero attached hydrogens (tertiary/aromatic N) is 1. The maximum atomic E-state index is 13.7. The molecule has 1 aliphatic rings. The molecule has 7 nitrogen and oxygen atoms in total. The summed E-state index contributed by atoms with van der Waals surface area (Å²) in [6, 6.07) is 22.6. The number of fused-ring (bicyclic) bond motifs is 1. The van der Waals surface area contributed by atoms with E-state index in [2.05, 4.69) is 0 Å². The SMILES string of the molecule is COc1cccc(C2C(C(=O)c3cc4ccccc4o3)=C(O)C(=O)N2Cc2ccc(OC(C)C)cc2)c1. The average Bonchev–Trinajstić information content (AvgIpc) is 3.44. The second-order valence-corrected chi connectivity index (χ2v) is 9.16. The number of benzene rings is 3. The molecule has 37 heavy (non-hydrogen) atoms. The molecule has 0 saturated heterocycles. The number of hydrogen-bond donors (Lipinski definition) is 1. The summed E-state index contributed by atoms with van der Waals surface area (Å²) in [4.78, 5) is 28.6. The molecule has 1 aliphatic heterocycles. The lowest BCUT2D eigenvalue weighted by molar-refractivity contribution is -0.130. The monoisotopic (exact) mass is 497 g/mol. The largest absolute Gasteiger partial charge is 0.503 e. The van der Waals surface area contributed by atoms with Crippen molar-refractivity contribution >= 4 is 22.7 Å². The van der Waals surface area contributed by atoms with Crippen LogP contribution in [0.5, 0.6) is 11.5 Å². The Kier molecular flexibility index (Phi) is 6.44. The third kappa shape index (κ3) is 4.68. The number of aliphatic hydroxyl groups is 1. The van der Waals surface area contributed by atoms with Crippen molar-refractivity contribution in [1.82, 2.24) is 4.90 Å². The van der Waals surface area contributed by atoms with E-state index in [9.17, 15) is 14.7 Å². The Morgan fingerprint density at radius 1 is 1.00 bits per heavy atom. The van der Waals surface area contributed by atoms with E-state index < -0.39 is 23.5 Å². The first-order valence-corrected chi connectivity index (χ1v) is 12.0. The highest BCUT2D eigenvalue weighted by Crippen LogP contribution is 2.41. The third-order valence-electron chi connectivity index (χ3n) is 6.26. The Morgan fingerprint density at radius 3 is 2.46 bits per heavy atom. The molecule has 0 bridgehead atoms. The summed E-state index contributed by atoms with van der Waals surface area (Å²) in [6.45, 7) is 4.07. The summed E-state index contributed by atoms with van der Waals surface area (Å²) in [5, 5.41) is 11.7. The van der Waals surface area contributed by atoms with Gasteiger partial charge in [0, 0.05) is 11.9 Å². The lowest BCUT2D eigenvalue weighted by Crippen LogP contribution is -2.30. The Labute approximate surface area is 214 Å². The van der Waals surface area contributed by atoms with E-state index in [0.29, 0.717) is 16.9 Å². The molecule has 3 aromatic carbocycles. The molecule has 0 spiro atoms. The molecule has 0 fully saturated rings. The second-order valence-electron chi connectivity index (χ2n) is 9.16. The summed E-state index contributed by atoms with van der Waals surface area (Å²) in [7, 11) is 1.55. The molecule has 1 N–H and O–H groups in total. The van der Waals surface area contributed by atoms with Gasteiger partial charge in [0.05, 0.1) is 24.8 Å². The number of furan rings is 1. The number of carbonyl (C=O) groups is 2. The minimum Gasteiger partial charge on any atom is -0.503 e. The Bertz CT molecular complexity index is 1470. The number of carbonyl (C=O) groups excluding carboxylic acids is 2. The van der Waals surface area contributed by atoms with Crippen molar-refractivity contribution in [3.63, 3.8) is 0 Å². The van der Waals surface area contributed by atoms with Gasteiger partial charge in [-0.05, 0) is 61.4 Å². The minimum absolute atomic E-state index is 0.0305. The van der Waals surface area contributed by atoms with Crippen molar-refractivity contribution in [3.8, 4) is 11.5 Å². The van der Waals surface area contributed by atoms with Crippen LogP contribution in [0.3, 0.4) is 0 Å². The topological polar surface area (TPSA) is 89.2 Å². The van der Waals surface area contributed by atoms with Gasteiger partial charge in [-0.2, -0.15) is 0 Å². The predicted octanol–water partition coefficient (Wildman–Crippen LogP) is 6.01. The average molecular weight is 498 g/mol. The smallest absolute Gasteiger partial charge is 0.290 e. The van der Waals surface area contributed by atoms with Crippen LogP contribution in [0.15, 0.2) is 94.6 Å². The van der Waals surface area contributed by atoms with E-state index in [1.807, 2.05) is 56.3 Å². The van der Waals surface area contributed by atoms with Gasteiger partial charge >= 0.3 is 0 Å². The van der Waals surface area contributed by atoms with E-state index in [4.69, 9.17) is 13.9 Å². The van der Waals surface area contributed by atoms with Crippen LogP contribution >= 0.6 is 0 Å². The fraction of sp³-hybridized carbons (Fsp3) is 0.200. The Hall–Kier alpha value is -4.52. The number of ether oxygens (including phenoxy) is 2. The first-order valence-electron chi connectivity index (χ1n) is 12.0. The summed E-state index contributed by atoms with van der Waals surface area (Å²) in [5.41, 5.74) is 1.98. The van der Waals surface area contributed by atoms with Gasteiger partial charge in [0.25, 0.3) is 5.91 Å². The van der Waals surface area contributed by atoms with Gasteiger partial charge in [0.15, 0.2) is 11.5 Å².